The van der Waals surface area contributed by atoms with Gasteiger partial charge in [0.2, 0.25) is 0 Å². The number of halogens is 1. The van der Waals surface area contributed by atoms with Crippen LogP contribution in [-0.4, -0.2) is 31.1 Å². The van der Waals surface area contributed by atoms with E-state index < -0.39 is 0 Å². The van der Waals surface area contributed by atoms with Crippen molar-refractivity contribution in [2.24, 2.45) is 0 Å². The number of rotatable bonds is 4. The van der Waals surface area contributed by atoms with Gasteiger partial charge in [-0.15, -0.1) is 0 Å². The van der Waals surface area contributed by atoms with E-state index >= 15 is 0 Å². The highest BCUT2D eigenvalue weighted by Gasteiger charge is 2.19. The highest BCUT2D eigenvalue weighted by Crippen LogP contribution is 2.20. The molecule has 0 radical (unpaired) electrons. The molecule has 1 aliphatic heterocycles. The third kappa shape index (κ3) is 3.88. The van der Waals surface area contributed by atoms with Gasteiger partial charge in [0.1, 0.15) is 5.82 Å². The number of hydrogen-bond acceptors (Lipinski definition) is 3. The van der Waals surface area contributed by atoms with Gasteiger partial charge in [0.05, 0.1) is 18.2 Å². The number of anilines is 1. The molecule has 1 heterocycles. The van der Waals surface area contributed by atoms with Gasteiger partial charge in [-0.3, -0.25) is 4.90 Å². The standard InChI is InChI=1S/C19H20FN3/c20-18-6-1-2-7-19(18)23-12-10-22(11-13-23)15-17-5-3-4-16(14-17)8-9-21/h1-7,14H,8,10-13,15H2. The topological polar surface area (TPSA) is 30.3 Å². The Balaban J connectivity index is 1.58. The van der Waals surface area contributed by atoms with Gasteiger partial charge in [-0.05, 0) is 23.3 Å². The Morgan fingerprint density at radius 1 is 0.957 bits per heavy atom. The summed E-state index contributed by atoms with van der Waals surface area (Å²) in [5, 5.41) is 8.80. The molecule has 0 saturated carbocycles. The Morgan fingerprint density at radius 3 is 2.43 bits per heavy atom. The van der Waals surface area contributed by atoms with Crippen molar-refractivity contribution in [1.29, 1.82) is 5.26 Å². The van der Waals surface area contributed by atoms with E-state index in [9.17, 15) is 4.39 Å². The molecule has 0 amide bonds. The summed E-state index contributed by atoms with van der Waals surface area (Å²) in [6.45, 7) is 4.37. The van der Waals surface area contributed by atoms with Gasteiger partial charge in [-0.2, -0.15) is 5.26 Å². The zero-order valence-electron chi connectivity index (χ0n) is 13.1. The van der Waals surface area contributed by atoms with Crippen LogP contribution in [0.2, 0.25) is 0 Å². The van der Waals surface area contributed by atoms with Crippen molar-refractivity contribution in [1.82, 2.24) is 4.90 Å². The molecule has 0 aromatic heterocycles. The lowest BCUT2D eigenvalue weighted by Gasteiger charge is -2.36. The summed E-state index contributed by atoms with van der Waals surface area (Å²) in [7, 11) is 0. The lowest BCUT2D eigenvalue weighted by molar-refractivity contribution is 0.249. The van der Waals surface area contributed by atoms with Gasteiger partial charge >= 0.3 is 0 Å². The van der Waals surface area contributed by atoms with Gasteiger partial charge < -0.3 is 4.90 Å². The van der Waals surface area contributed by atoms with Crippen LogP contribution in [0.5, 0.6) is 0 Å². The predicted molar refractivity (Wildman–Crippen MR) is 89.6 cm³/mol. The van der Waals surface area contributed by atoms with E-state index in [2.05, 4.69) is 28.0 Å². The molecule has 0 spiro atoms. The minimum atomic E-state index is -0.148. The van der Waals surface area contributed by atoms with Gasteiger partial charge in [-0.1, -0.05) is 36.4 Å². The molecule has 0 unspecified atom stereocenters. The maximum Gasteiger partial charge on any atom is 0.146 e. The first-order chi connectivity index (χ1) is 11.3. The van der Waals surface area contributed by atoms with Crippen LogP contribution in [0, 0.1) is 17.1 Å². The van der Waals surface area contributed by atoms with Crippen LogP contribution in [-0.2, 0) is 13.0 Å². The summed E-state index contributed by atoms with van der Waals surface area (Å²) in [4.78, 5) is 4.49. The quantitative estimate of drug-likeness (QED) is 0.869. The molecule has 1 aliphatic rings. The average Bonchev–Trinajstić information content (AvgIpc) is 2.57. The zero-order valence-corrected chi connectivity index (χ0v) is 13.1. The molecule has 0 N–H and O–H groups in total. The first-order valence-electron chi connectivity index (χ1n) is 7.93. The number of para-hydroxylation sites is 1. The molecule has 0 bridgehead atoms. The second kappa shape index (κ2) is 7.26. The molecule has 2 aromatic rings. The molecule has 3 rings (SSSR count). The molecular formula is C19H20FN3. The molecule has 4 heteroatoms. The van der Waals surface area contributed by atoms with Crippen molar-refractivity contribution in [3.63, 3.8) is 0 Å². The smallest absolute Gasteiger partial charge is 0.146 e. The van der Waals surface area contributed by atoms with Crippen molar-refractivity contribution in [3.8, 4) is 6.07 Å². The van der Waals surface area contributed by atoms with Crippen LogP contribution in [0.25, 0.3) is 0 Å². The monoisotopic (exact) mass is 309 g/mol. The molecule has 1 fully saturated rings. The molecule has 0 atom stereocenters. The summed E-state index contributed by atoms with van der Waals surface area (Å²) >= 11 is 0. The largest absolute Gasteiger partial charge is 0.367 e. The molecule has 23 heavy (non-hydrogen) atoms. The summed E-state index contributed by atoms with van der Waals surface area (Å²) in [5.41, 5.74) is 3.00. The van der Waals surface area contributed by atoms with Crippen molar-refractivity contribution in [2.75, 3.05) is 31.1 Å². The lowest BCUT2D eigenvalue weighted by atomic mass is 10.1. The van der Waals surface area contributed by atoms with Crippen LogP contribution in [0.15, 0.2) is 48.5 Å². The molecular weight excluding hydrogens is 289 g/mol. The van der Waals surface area contributed by atoms with Crippen molar-refractivity contribution in [2.45, 2.75) is 13.0 Å². The minimum Gasteiger partial charge on any atom is -0.367 e. The molecule has 0 aliphatic carbocycles. The molecule has 1 saturated heterocycles. The number of hydrogen-bond donors (Lipinski definition) is 0. The maximum absolute atomic E-state index is 13.9. The van der Waals surface area contributed by atoms with Crippen molar-refractivity contribution in [3.05, 3.63) is 65.5 Å². The highest BCUT2D eigenvalue weighted by atomic mass is 19.1. The van der Waals surface area contributed by atoms with E-state index in [1.54, 1.807) is 6.07 Å². The molecule has 2 aromatic carbocycles. The Hall–Kier alpha value is -2.38. The van der Waals surface area contributed by atoms with Crippen LogP contribution < -0.4 is 4.90 Å². The summed E-state index contributed by atoms with van der Waals surface area (Å²) in [5.74, 6) is -0.148. The summed E-state index contributed by atoms with van der Waals surface area (Å²) in [6, 6.07) is 17.4. The summed E-state index contributed by atoms with van der Waals surface area (Å²) < 4.78 is 13.9. The van der Waals surface area contributed by atoms with E-state index in [1.165, 1.54) is 11.6 Å². The Labute approximate surface area is 136 Å². The SMILES string of the molecule is N#CCc1cccc(CN2CCN(c3ccccc3F)CC2)c1. The normalized spacial score (nSPS) is 15.4. The first-order valence-corrected chi connectivity index (χ1v) is 7.93. The lowest BCUT2D eigenvalue weighted by Crippen LogP contribution is -2.46. The number of piperazine rings is 1. The fourth-order valence-electron chi connectivity index (χ4n) is 3.04. The van der Waals surface area contributed by atoms with Crippen LogP contribution in [0.4, 0.5) is 10.1 Å². The number of nitrogens with zero attached hydrogens (tertiary/aromatic N) is 3. The Kier molecular flexibility index (Phi) is 4.89. The minimum absolute atomic E-state index is 0.148. The van der Waals surface area contributed by atoms with Crippen LogP contribution in [0.1, 0.15) is 11.1 Å². The van der Waals surface area contributed by atoms with E-state index in [4.69, 9.17) is 5.26 Å². The molecule has 118 valence electrons. The number of benzene rings is 2. The predicted octanol–water partition coefficient (Wildman–Crippen LogP) is 3.21. The van der Waals surface area contributed by atoms with Gasteiger partial charge in [0, 0.05) is 32.7 Å². The van der Waals surface area contributed by atoms with Gasteiger partial charge in [0.15, 0.2) is 0 Å². The van der Waals surface area contributed by atoms with Gasteiger partial charge in [0.25, 0.3) is 0 Å². The van der Waals surface area contributed by atoms with E-state index in [-0.39, 0.29) is 5.82 Å². The second-order valence-electron chi connectivity index (χ2n) is 5.87. The van der Waals surface area contributed by atoms with Crippen LogP contribution in [0.3, 0.4) is 0 Å². The van der Waals surface area contributed by atoms with E-state index in [0.717, 1.165) is 38.3 Å². The van der Waals surface area contributed by atoms with Crippen molar-refractivity contribution >= 4 is 5.69 Å². The maximum atomic E-state index is 13.9. The van der Waals surface area contributed by atoms with Crippen molar-refractivity contribution < 1.29 is 4.39 Å². The Morgan fingerprint density at radius 2 is 1.70 bits per heavy atom. The fraction of sp³-hybridized carbons (Fsp3) is 0.316. The van der Waals surface area contributed by atoms with E-state index in [1.807, 2.05) is 24.3 Å². The number of nitriles is 1. The highest BCUT2D eigenvalue weighted by molar-refractivity contribution is 5.48. The zero-order chi connectivity index (χ0) is 16.1. The second-order valence-corrected chi connectivity index (χ2v) is 5.87. The van der Waals surface area contributed by atoms with Gasteiger partial charge in [-0.25, -0.2) is 4.39 Å². The summed E-state index contributed by atoms with van der Waals surface area (Å²) in [6.07, 6.45) is 0.453. The third-order valence-electron chi connectivity index (χ3n) is 4.25. The van der Waals surface area contributed by atoms with Crippen LogP contribution >= 0.6 is 0 Å². The third-order valence-corrected chi connectivity index (χ3v) is 4.25. The van der Waals surface area contributed by atoms with E-state index in [0.29, 0.717) is 12.1 Å². The fourth-order valence-corrected chi connectivity index (χ4v) is 3.04. The molecule has 3 nitrogen and oxygen atoms in total. The average molecular weight is 309 g/mol. The Bertz CT molecular complexity index is 700. The first kappa shape index (κ1) is 15.5.